The molecule has 0 aliphatic rings. The molecule has 31 heavy (non-hydrogen) atoms. The molecule has 0 radical (unpaired) electrons. The van der Waals surface area contributed by atoms with E-state index in [9.17, 15) is 0 Å². The molecule has 0 fully saturated rings. The maximum atomic E-state index is 5.83. The highest BCUT2D eigenvalue weighted by atomic mass is 16.5. The van der Waals surface area contributed by atoms with Crippen molar-refractivity contribution in [2.75, 3.05) is 7.11 Å². The third-order valence-electron chi connectivity index (χ3n) is 6.08. The van der Waals surface area contributed by atoms with E-state index < -0.39 is 0 Å². The lowest BCUT2D eigenvalue weighted by Gasteiger charge is -2.18. The quantitative estimate of drug-likeness (QED) is 0.423. The van der Waals surface area contributed by atoms with Gasteiger partial charge in [0.1, 0.15) is 17.1 Å². The predicted molar refractivity (Wildman–Crippen MR) is 124 cm³/mol. The Balaban J connectivity index is 1.81. The van der Waals surface area contributed by atoms with Crippen LogP contribution in [-0.4, -0.2) is 31.8 Å². The summed E-state index contributed by atoms with van der Waals surface area (Å²) in [6.07, 6.45) is 1.87. The second-order valence-corrected chi connectivity index (χ2v) is 7.99. The van der Waals surface area contributed by atoms with Gasteiger partial charge >= 0.3 is 0 Å². The molecular formula is C25H25N5O. The van der Waals surface area contributed by atoms with Crippen molar-refractivity contribution in [3.63, 3.8) is 0 Å². The van der Waals surface area contributed by atoms with Gasteiger partial charge in [0.25, 0.3) is 0 Å². The summed E-state index contributed by atoms with van der Waals surface area (Å²) < 4.78 is 8.12. The first-order valence-corrected chi connectivity index (χ1v) is 10.4. The Labute approximate surface area is 180 Å². The second kappa shape index (κ2) is 7.23. The minimum absolute atomic E-state index is 0.140. The average molecular weight is 412 g/mol. The molecule has 3 heterocycles. The molecule has 0 saturated carbocycles. The number of nitrogens with zero attached hydrogens (tertiary/aromatic N) is 4. The molecule has 0 bridgehead atoms. The molecule has 0 aliphatic carbocycles. The number of fused-ring (bicyclic) bond motifs is 3. The number of hydrogen-bond donors (Lipinski definition) is 1. The van der Waals surface area contributed by atoms with E-state index in [0.29, 0.717) is 0 Å². The Hall–Kier alpha value is -3.67. The van der Waals surface area contributed by atoms with Crippen molar-refractivity contribution < 1.29 is 4.74 Å². The summed E-state index contributed by atoms with van der Waals surface area (Å²) in [6.45, 7) is 8.28. The van der Waals surface area contributed by atoms with Crippen LogP contribution in [0.1, 0.15) is 35.7 Å². The van der Waals surface area contributed by atoms with E-state index in [4.69, 9.17) is 14.7 Å². The summed E-state index contributed by atoms with van der Waals surface area (Å²) in [5.74, 6) is 1.76. The van der Waals surface area contributed by atoms with Crippen molar-refractivity contribution in [3.05, 3.63) is 71.4 Å². The number of H-pyrrole nitrogens is 1. The molecule has 0 saturated heterocycles. The van der Waals surface area contributed by atoms with Gasteiger partial charge in [0.2, 0.25) is 0 Å². The highest BCUT2D eigenvalue weighted by Gasteiger charge is 2.21. The molecule has 156 valence electrons. The van der Waals surface area contributed by atoms with Gasteiger partial charge in [-0.1, -0.05) is 30.3 Å². The maximum absolute atomic E-state index is 5.83. The summed E-state index contributed by atoms with van der Waals surface area (Å²) in [5.41, 5.74) is 8.10. The van der Waals surface area contributed by atoms with E-state index in [0.717, 1.165) is 56.0 Å². The monoisotopic (exact) mass is 411 g/mol. The van der Waals surface area contributed by atoms with Gasteiger partial charge in [-0.15, -0.1) is 0 Å². The highest BCUT2D eigenvalue weighted by molar-refractivity contribution is 6.05. The molecule has 1 atom stereocenters. The van der Waals surface area contributed by atoms with Crippen molar-refractivity contribution in [1.82, 2.24) is 24.7 Å². The summed E-state index contributed by atoms with van der Waals surface area (Å²) in [7, 11) is 1.71. The Kier molecular flexibility index (Phi) is 4.50. The topological polar surface area (TPSA) is 68.6 Å². The first kappa shape index (κ1) is 19.3. The van der Waals surface area contributed by atoms with Gasteiger partial charge < -0.3 is 9.30 Å². The number of benzene rings is 2. The van der Waals surface area contributed by atoms with Crippen molar-refractivity contribution in [2.45, 2.75) is 33.7 Å². The Bertz CT molecular complexity index is 1400. The van der Waals surface area contributed by atoms with E-state index in [1.165, 1.54) is 5.56 Å². The van der Waals surface area contributed by atoms with Gasteiger partial charge in [-0.05, 0) is 45.4 Å². The van der Waals surface area contributed by atoms with Crippen LogP contribution < -0.4 is 4.74 Å². The molecular weight excluding hydrogens is 386 g/mol. The van der Waals surface area contributed by atoms with Crippen LogP contribution in [0.15, 0.2) is 48.7 Å². The minimum Gasteiger partial charge on any atom is -0.496 e. The van der Waals surface area contributed by atoms with Crippen LogP contribution in [0, 0.1) is 20.8 Å². The summed E-state index contributed by atoms with van der Waals surface area (Å²) >= 11 is 0. The molecule has 3 aromatic heterocycles. The first-order chi connectivity index (χ1) is 15.0. The van der Waals surface area contributed by atoms with Crippen LogP contribution in [0.25, 0.3) is 33.1 Å². The number of ether oxygens (including phenoxy) is 1. The number of aromatic nitrogens is 5. The smallest absolute Gasteiger partial charge is 0.127 e. The third kappa shape index (κ3) is 2.98. The predicted octanol–water partition coefficient (Wildman–Crippen LogP) is 5.52. The highest BCUT2D eigenvalue weighted by Crippen LogP contribution is 2.39. The molecule has 5 aromatic rings. The number of rotatable bonds is 4. The number of aryl methyl sites for hydroxylation is 3. The zero-order valence-corrected chi connectivity index (χ0v) is 18.4. The van der Waals surface area contributed by atoms with Gasteiger partial charge in [0.15, 0.2) is 0 Å². The van der Waals surface area contributed by atoms with Crippen LogP contribution in [-0.2, 0) is 0 Å². The fourth-order valence-corrected chi connectivity index (χ4v) is 4.59. The second-order valence-electron chi connectivity index (χ2n) is 7.99. The van der Waals surface area contributed by atoms with Crippen molar-refractivity contribution in [3.8, 4) is 16.9 Å². The van der Waals surface area contributed by atoms with E-state index >= 15 is 0 Å². The van der Waals surface area contributed by atoms with E-state index in [-0.39, 0.29) is 6.04 Å². The van der Waals surface area contributed by atoms with Crippen LogP contribution in [0.2, 0.25) is 0 Å². The van der Waals surface area contributed by atoms with E-state index in [2.05, 4.69) is 65.0 Å². The molecule has 0 amide bonds. The molecule has 2 aromatic carbocycles. The fourth-order valence-electron chi connectivity index (χ4n) is 4.59. The fraction of sp³-hybridized carbons (Fsp3) is 0.240. The minimum atomic E-state index is 0.140. The van der Waals surface area contributed by atoms with Crippen LogP contribution >= 0.6 is 0 Å². The van der Waals surface area contributed by atoms with Crippen LogP contribution in [0.4, 0.5) is 0 Å². The molecule has 0 unspecified atom stereocenters. The molecule has 1 N–H and O–H groups in total. The van der Waals surface area contributed by atoms with Crippen molar-refractivity contribution in [2.24, 2.45) is 0 Å². The lowest BCUT2D eigenvalue weighted by Crippen LogP contribution is -2.08. The lowest BCUT2D eigenvalue weighted by atomic mass is 10.00. The summed E-state index contributed by atoms with van der Waals surface area (Å²) in [4.78, 5) is 9.55. The number of pyridine rings is 1. The normalized spacial score (nSPS) is 12.5. The van der Waals surface area contributed by atoms with Crippen molar-refractivity contribution >= 4 is 21.9 Å². The first-order valence-electron chi connectivity index (χ1n) is 10.4. The molecule has 5 rings (SSSR count). The van der Waals surface area contributed by atoms with Gasteiger partial charge in [0, 0.05) is 22.2 Å². The van der Waals surface area contributed by atoms with Gasteiger partial charge in [-0.3, -0.25) is 10.1 Å². The molecule has 0 spiro atoms. The molecule has 6 heteroatoms. The standard InChI is InChI=1S/C25H25N5O/c1-14-24(15(2)29-28-14)20-11-21-19(12-23(20)31-5)25-22(13-26-21)27-17(4)30(25)16(3)18-9-7-6-8-10-18/h6-13,16H,1-5H3,(H,28,29)/t16-/m1/s1. The third-order valence-corrected chi connectivity index (χ3v) is 6.08. The van der Waals surface area contributed by atoms with Gasteiger partial charge in [-0.2, -0.15) is 5.10 Å². The molecule has 6 nitrogen and oxygen atoms in total. The van der Waals surface area contributed by atoms with Crippen LogP contribution in [0.5, 0.6) is 5.75 Å². The maximum Gasteiger partial charge on any atom is 0.127 e. The number of hydrogen-bond acceptors (Lipinski definition) is 4. The lowest BCUT2D eigenvalue weighted by molar-refractivity contribution is 0.417. The largest absolute Gasteiger partial charge is 0.496 e. The van der Waals surface area contributed by atoms with Crippen molar-refractivity contribution in [1.29, 1.82) is 0 Å². The van der Waals surface area contributed by atoms with Crippen LogP contribution in [0.3, 0.4) is 0 Å². The summed E-state index contributed by atoms with van der Waals surface area (Å²) in [5, 5.41) is 8.45. The number of imidazole rings is 1. The number of methoxy groups -OCH3 is 1. The van der Waals surface area contributed by atoms with E-state index in [1.807, 2.05) is 26.1 Å². The molecule has 0 aliphatic heterocycles. The zero-order valence-electron chi connectivity index (χ0n) is 18.4. The van der Waals surface area contributed by atoms with Gasteiger partial charge in [-0.25, -0.2) is 4.98 Å². The zero-order chi connectivity index (χ0) is 21.7. The number of nitrogens with one attached hydrogen (secondary N) is 1. The number of aromatic amines is 1. The Morgan fingerprint density at radius 2 is 1.81 bits per heavy atom. The van der Waals surface area contributed by atoms with Gasteiger partial charge in [0.05, 0.1) is 36.1 Å². The average Bonchev–Trinajstić information content (AvgIpc) is 3.30. The Morgan fingerprint density at radius 1 is 1.03 bits per heavy atom. The summed E-state index contributed by atoms with van der Waals surface area (Å²) in [6, 6.07) is 14.8. The SMILES string of the molecule is COc1cc2c(cc1-c1c(C)n[nH]c1C)ncc1nc(C)n([C@H](C)c3ccccc3)c12. The van der Waals surface area contributed by atoms with E-state index in [1.54, 1.807) is 7.11 Å². The Morgan fingerprint density at radius 3 is 2.48 bits per heavy atom.